The van der Waals surface area contributed by atoms with Gasteiger partial charge in [-0.1, -0.05) is 130 Å². The summed E-state index contributed by atoms with van der Waals surface area (Å²) in [5.41, 5.74) is 20.8. The lowest BCUT2D eigenvalue weighted by Gasteiger charge is -2.19. The largest absolute Gasteiger partial charge is 0.505 e. The summed E-state index contributed by atoms with van der Waals surface area (Å²) in [4.78, 5) is 47.2. The molecule has 6 aromatic heterocycles. The smallest absolute Gasteiger partial charge is 0.318 e. The van der Waals surface area contributed by atoms with Crippen molar-refractivity contribution in [2.24, 2.45) is 0 Å². The Morgan fingerprint density at radius 3 is 1.38 bits per heavy atom. The number of halogens is 3. The van der Waals surface area contributed by atoms with Crippen LogP contribution in [0.5, 0.6) is 5.75 Å². The summed E-state index contributed by atoms with van der Waals surface area (Å²) in [5, 5.41) is 36.5. The van der Waals surface area contributed by atoms with Crippen LogP contribution in [0.25, 0.3) is 101 Å². The fraction of sp³-hybridized carbons (Fsp3) is 0.474. The van der Waals surface area contributed by atoms with Crippen molar-refractivity contribution >= 4 is 77.1 Å². The summed E-state index contributed by atoms with van der Waals surface area (Å²) in [7, 11) is -4.97. The highest BCUT2D eigenvalue weighted by Crippen LogP contribution is 2.42. The second kappa shape index (κ2) is 37.3. The number of H-pyrrole nitrogens is 2. The van der Waals surface area contributed by atoms with Crippen LogP contribution in [0.4, 0.5) is 22.8 Å². The molecule has 5 aliphatic rings. The highest BCUT2D eigenvalue weighted by atomic mass is 28.3. The molecule has 0 unspecified atom stereocenters. The van der Waals surface area contributed by atoms with Crippen LogP contribution in [-0.4, -0.2) is 157 Å². The maximum atomic E-state index is 14.9. The van der Waals surface area contributed by atoms with Crippen LogP contribution < -0.4 is 10.6 Å². The Labute approximate surface area is 736 Å². The fourth-order valence-corrected chi connectivity index (χ4v) is 19.4. The number of ether oxygens (including phenoxy) is 4. The predicted molar refractivity (Wildman–Crippen MR) is 501 cm³/mol. The van der Waals surface area contributed by atoms with E-state index in [0.717, 1.165) is 223 Å². The van der Waals surface area contributed by atoms with Gasteiger partial charge in [-0.05, 0) is 224 Å². The number of hydrogen-bond acceptors (Lipinski definition) is 13. The quantitative estimate of drug-likeness (QED) is 0.0201. The topological polar surface area (TPSA) is 250 Å². The van der Waals surface area contributed by atoms with E-state index in [9.17, 15) is 27.9 Å². The summed E-state index contributed by atoms with van der Waals surface area (Å²) in [5.74, 6) is 0.892. The van der Waals surface area contributed by atoms with Crippen molar-refractivity contribution in [1.82, 2.24) is 79.3 Å². The molecule has 5 N–H and O–H groups in total. The minimum Gasteiger partial charge on any atom is -0.505 e. The molecule has 6 aromatic carbocycles. The number of amides is 4. The van der Waals surface area contributed by atoms with Crippen molar-refractivity contribution in [3.05, 3.63) is 170 Å². The fourth-order valence-electron chi connectivity index (χ4n) is 16.3. The minimum atomic E-state index is -1.28. The molecule has 30 heteroatoms. The number of hydrogen-bond donors (Lipinski definition) is 5. The molecule has 17 rings (SSSR count). The van der Waals surface area contributed by atoms with Crippen molar-refractivity contribution < 1.29 is 46.8 Å². The number of nitrogens with zero attached hydrogens (tertiary/aromatic N) is 12. The number of phenolic OH excluding ortho intramolecular Hbond substituents is 1. The number of aromatic nitrogens is 12. The first-order chi connectivity index (χ1) is 59.5. The third-order valence-electron chi connectivity index (χ3n) is 24.3. The van der Waals surface area contributed by atoms with Gasteiger partial charge in [-0.15, -0.1) is 0 Å². The number of carbonyl (C=O) groups excluding carboxylic acids is 2. The normalized spacial score (nSPS) is 14.7. The molecule has 125 heavy (non-hydrogen) atoms. The first-order valence-corrected chi connectivity index (χ1v) is 59.6. The number of imidazole rings is 3. The molecule has 0 spiro atoms. The van der Waals surface area contributed by atoms with Gasteiger partial charge in [0.05, 0.1) is 71.2 Å². The molecule has 0 radical (unpaired) electrons. The van der Waals surface area contributed by atoms with E-state index in [-0.39, 0.29) is 29.4 Å². The molecular formula is C95H125F3N16O7Si4. The van der Waals surface area contributed by atoms with Gasteiger partial charge in [0.25, 0.3) is 0 Å². The first-order valence-electron chi connectivity index (χ1n) is 44.8. The van der Waals surface area contributed by atoms with Gasteiger partial charge in [-0.2, -0.15) is 15.3 Å². The van der Waals surface area contributed by atoms with Crippen LogP contribution in [0.15, 0.2) is 91.0 Å². The van der Waals surface area contributed by atoms with Crippen molar-refractivity contribution in [3.63, 3.8) is 0 Å². The average molecular weight is 1770 g/mol. The highest BCUT2D eigenvalue weighted by molar-refractivity contribution is 6.77. The van der Waals surface area contributed by atoms with Crippen molar-refractivity contribution in [1.29, 1.82) is 0 Å². The monoisotopic (exact) mass is 1770 g/mol. The molecule has 2 saturated carbocycles. The average Bonchev–Trinajstić information content (AvgIpc) is 1.59. The van der Waals surface area contributed by atoms with Gasteiger partial charge in [0, 0.05) is 92.7 Å². The number of nitrogens with one attached hydrogen (secondary N) is 4. The molecule has 12 aromatic rings. The maximum absolute atomic E-state index is 14.9. The van der Waals surface area contributed by atoms with E-state index in [1.807, 2.05) is 65.4 Å². The van der Waals surface area contributed by atoms with Gasteiger partial charge < -0.3 is 58.6 Å². The van der Waals surface area contributed by atoms with Gasteiger partial charge in [0.2, 0.25) is 0 Å². The first kappa shape index (κ1) is 90.0. The molecule has 0 saturated heterocycles. The van der Waals surface area contributed by atoms with E-state index >= 15 is 0 Å². The number of carbonyl (C=O) groups is 2. The van der Waals surface area contributed by atoms with Crippen LogP contribution in [0.3, 0.4) is 0 Å². The second-order valence-electron chi connectivity index (χ2n) is 39.5. The number of aromatic amines is 2. The van der Waals surface area contributed by atoms with Gasteiger partial charge in [-0.25, -0.2) is 47.1 Å². The van der Waals surface area contributed by atoms with Crippen LogP contribution in [0.2, 0.25) is 103 Å². The van der Waals surface area contributed by atoms with Crippen LogP contribution >= 0.6 is 0 Å². The van der Waals surface area contributed by atoms with Crippen LogP contribution in [0.1, 0.15) is 115 Å². The molecule has 8 heterocycles. The van der Waals surface area contributed by atoms with Crippen molar-refractivity contribution in [2.45, 2.75) is 267 Å². The Morgan fingerprint density at radius 1 is 0.480 bits per heavy atom. The second-order valence-corrected chi connectivity index (χ2v) is 61.9. The zero-order valence-electron chi connectivity index (χ0n) is 76.1. The Morgan fingerprint density at radius 2 is 0.912 bits per heavy atom. The van der Waals surface area contributed by atoms with Gasteiger partial charge >= 0.3 is 12.1 Å². The number of aryl methyl sites for hydroxylation is 6. The molecule has 23 nitrogen and oxygen atoms in total. The Balaban J connectivity index is 0.000000147. The van der Waals surface area contributed by atoms with Gasteiger partial charge in [0.1, 0.15) is 55.6 Å². The standard InChI is InChI=1S/C37H53FN6O3Si2.C34H49FN4O2Si2.C24H23FN6O2/c1-9-26-18-25(2)31(38)20-30(26)27-10-13-29-33(19-27)44(24-47-15-17-49(6,7)8)41-35(29)36-40-32-21-42(37(45)39-28-11-12-28)22-34(32)43(36)23-46-14-16-48(3,4)5;1-9-25-19-24(2)29(35)21-28(25)26-13-14-27-32(20-26)39(23-41-16-18-43(6,7)8)37-33(27)34-36-30-11-10-12-31(30)38(34)22-40-15-17-42(3,4)5;1-2-12-8-21(32)17(25)9-16(12)13-3-6-15-18(7-13)29-30-22(15)23-27-19-10-31(11-20(19)28-23)24(33)26-14-4-5-14/h10,13,18-20,28H,9,11-12,14-17,21-24H2,1-8H3,(H,39,45);13-14,19-21H,9-12,15-18,22-23H2,1-8H3;3,6-9,14,32H,2,4-5,10-11H2,1H3,(H,26,33)(H,27,28)(H,29,30). The predicted octanol–water partition coefficient (Wildman–Crippen LogP) is 21.3. The van der Waals surface area contributed by atoms with E-state index in [1.54, 1.807) is 17.0 Å². The lowest BCUT2D eigenvalue weighted by atomic mass is 9.95. The molecular weight excluding hydrogens is 1650 g/mol. The zero-order chi connectivity index (χ0) is 88.7. The molecule has 3 aliphatic carbocycles. The van der Waals surface area contributed by atoms with Crippen molar-refractivity contribution in [3.8, 4) is 73.7 Å². The number of benzene rings is 6. The summed E-state index contributed by atoms with van der Waals surface area (Å²) < 4.78 is 76.9. The molecule has 2 aliphatic heterocycles. The van der Waals surface area contributed by atoms with E-state index < -0.39 is 38.1 Å². The lowest BCUT2D eigenvalue weighted by Crippen LogP contribution is -2.38. The number of fused-ring (bicyclic) bond motifs is 6. The summed E-state index contributed by atoms with van der Waals surface area (Å²) >= 11 is 0. The lowest BCUT2D eigenvalue weighted by molar-refractivity contribution is 0.0813. The third kappa shape index (κ3) is 21.2. The van der Waals surface area contributed by atoms with Crippen LogP contribution in [-0.2, 0) is 104 Å². The molecule has 0 atom stereocenters. The Bertz CT molecular complexity index is 5950. The molecule has 2 fully saturated rings. The molecule has 0 bridgehead atoms. The van der Waals surface area contributed by atoms with E-state index in [4.69, 9.17) is 44.1 Å². The van der Waals surface area contributed by atoms with Crippen molar-refractivity contribution in [2.75, 3.05) is 26.4 Å². The number of urea groups is 2. The van der Waals surface area contributed by atoms with E-state index in [1.165, 1.54) is 17.8 Å². The van der Waals surface area contributed by atoms with Gasteiger partial charge in [0.15, 0.2) is 29.0 Å². The molecule has 664 valence electrons. The van der Waals surface area contributed by atoms with Crippen LogP contribution in [0, 0.1) is 31.3 Å². The highest BCUT2D eigenvalue weighted by Gasteiger charge is 2.37. The SMILES string of the molecule is CCc1cc(C)c(F)cc1-c1ccc2c(-c3nc4c(n3COCC[Si](C)(C)C)CCC4)nn(COCC[Si](C)(C)C)c2c1.CCc1cc(C)c(F)cc1-c1ccc2c(-c3nc4c(n3COCC[Si](C)(C)C)CN(C(=O)NC3CC3)C4)nn(COCC[Si](C)(C)C)c2c1.CCc1cc(O)c(F)cc1-c1ccc2c(-c3nc4c([nH]3)CN(C(=O)NC3CC3)C4)n[nH]c2c1. The summed E-state index contributed by atoms with van der Waals surface area (Å²) in [6.07, 6.45) is 9.65. The minimum absolute atomic E-state index is 0.0371. The van der Waals surface area contributed by atoms with E-state index in [0.29, 0.717) is 114 Å². The third-order valence-corrected chi connectivity index (χ3v) is 31.2. The van der Waals surface area contributed by atoms with Gasteiger partial charge in [-0.3, -0.25) is 5.10 Å². The summed E-state index contributed by atoms with van der Waals surface area (Å²) in [6, 6.07) is 33.4. The Hall–Kier alpha value is -9.80. The maximum Gasteiger partial charge on any atom is 0.318 e. The number of phenols is 1. The zero-order valence-corrected chi connectivity index (χ0v) is 80.1. The summed E-state index contributed by atoms with van der Waals surface area (Å²) in [6.45, 7) is 44.3. The van der Waals surface area contributed by atoms with E-state index in [2.05, 4.69) is 164 Å². The molecule has 4 amide bonds. The number of aromatic hydroxyl groups is 1. The Kier molecular flexibility index (Phi) is 26.8. The number of rotatable bonds is 31.